The number of anilines is 4. The number of aromatic nitrogens is 1. The van der Waals surface area contributed by atoms with Crippen LogP contribution in [0.15, 0.2) is 130 Å². The first-order valence-corrected chi connectivity index (χ1v) is 29.0. The molecule has 8 rings (SSSR count). The molecule has 2 saturated heterocycles. The molecule has 2 fully saturated rings. The predicted octanol–water partition coefficient (Wildman–Crippen LogP) is 10.2. The molecule has 3 N–H and O–H groups in total. The second kappa shape index (κ2) is 22.7. The molecule has 0 aliphatic carbocycles. The molecule has 0 spiro atoms. The van der Waals surface area contributed by atoms with Gasteiger partial charge in [0.25, 0.3) is 10.0 Å². The van der Waals surface area contributed by atoms with Crippen LogP contribution >= 0.6 is 23.4 Å². The van der Waals surface area contributed by atoms with E-state index >= 15 is 4.39 Å². The molecular formula is C54H63ClFN7O6S3. The van der Waals surface area contributed by atoms with E-state index in [-0.39, 0.29) is 21.4 Å². The summed E-state index contributed by atoms with van der Waals surface area (Å²) in [6.45, 7) is 15.7. The van der Waals surface area contributed by atoms with Gasteiger partial charge in [0.05, 0.1) is 26.7 Å². The zero-order chi connectivity index (χ0) is 51.3. The Hall–Kier alpha value is -5.56. The number of hydrogen-bond acceptors (Lipinski definition) is 11. The van der Waals surface area contributed by atoms with Crippen molar-refractivity contribution in [1.29, 1.82) is 0 Å². The van der Waals surface area contributed by atoms with Gasteiger partial charge in [-0.1, -0.05) is 41.9 Å². The van der Waals surface area contributed by atoms with Gasteiger partial charge in [0.15, 0.2) is 9.84 Å². The number of carboxylic acids is 1. The number of hydrogen-bond donors (Lipinski definition) is 3. The summed E-state index contributed by atoms with van der Waals surface area (Å²) in [5, 5.41) is 14.5. The standard InChI is InChI=1S/C54H63ClFN7O6S3/c1-6-63-38(4)51(54(64)65)52(53(63)39-12-14-41(55)15-13-39)40-32-42(56)34-46(33-40)62-30-28-61(29-31-62)45-18-16-43(17-19-45)58-72(68,69)48-20-21-49(50(35-48)71(5,66)67)57-44(36-70-47-10-8-7-9-11-47)22-23-59-24-26-60(27-25-59)37(2)3/h7-21,32-35,37,44,57-58H,6,22-31,36H2,1-5H3,(H,64,65)/t44-/m1/s1. The lowest BCUT2D eigenvalue weighted by Gasteiger charge is -2.37. The van der Waals surface area contributed by atoms with Crippen molar-refractivity contribution in [2.45, 2.75) is 67.4 Å². The molecule has 2 aliphatic rings. The first kappa shape index (κ1) is 52.8. The lowest BCUT2D eigenvalue weighted by molar-refractivity contribution is 0.0696. The van der Waals surface area contributed by atoms with Crippen molar-refractivity contribution in [3.8, 4) is 22.4 Å². The van der Waals surface area contributed by atoms with Crippen LogP contribution in [0.4, 0.5) is 27.1 Å². The van der Waals surface area contributed by atoms with E-state index in [2.05, 4.69) is 55.6 Å². The van der Waals surface area contributed by atoms with Gasteiger partial charge in [0.1, 0.15) is 5.82 Å². The Balaban J connectivity index is 0.940. The molecule has 72 heavy (non-hydrogen) atoms. The summed E-state index contributed by atoms with van der Waals surface area (Å²) in [5.74, 6) is -0.899. The number of halogens is 2. The smallest absolute Gasteiger partial charge is 0.338 e. The molecule has 0 bridgehead atoms. The lowest BCUT2D eigenvalue weighted by Crippen LogP contribution is -2.49. The number of thioether (sulfide) groups is 1. The molecule has 5 aromatic carbocycles. The second-order valence-corrected chi connectivity index (χ2v) is 23.9. The molecule has 13 nitrogen and oxygen atoms in total. The maximum Gasteiger partial charge on any atom is 0.338 e. The quantitative estimate of drug-likeness (QED) is 0.0664. The highest BCUT2D eigenvalue weighted by Gasteiger charge is 2.29. The second-order valence-electron chi connectivity index (χ2n) is 18.7. The maximum absolute atomic E-state index is 15.6. The van der Waals surface area contributed by atoms with E-state index < -0.39 is 31.6 Å². The van der Waals surface area contributed by atoms with E-state index in [0.29, 0.717) is 89.1 Å². The Kier molecular flexibility index (Phi) is 16.6. The number of rotatable bonds is 19. The van der Waals surface area contributed by atoms with Gasteiger partial charge < -0.3 is 29.7 Å². The first-order valence-electron chi connectivity index (χ1n) is 24.3. The Morgan fingerprint density at radius 1 is 0.792 bits per heavy atom. The van der Waals surface area contributed by atoms with Crippen LogP contribution in [0.1, 0.15) is 43.2 Å². The minimum absolute atomic E-state index is 0.0898. The van der Waals surface area contributed by atoms with Crippen LogP contribution in [-0.4, -0.2) is 125 Å². The van der Waals surface area contributed by atoms with Crippen molar-refractivity contribution in [2.75, 3.05) is 90.8 Å². The van der Waals surface area contributed by atoms with E-state index in [4.69, 9.17) is 11.6 Å². The molecule has 3 heterocycles. The van der Waals surface area contributed by atoms with Gasteiger partial charge in [-0.05, 0) is 130 Å². The average molecular weight is 1060 g/mol. The fourth-order valence-electron chi connectivity index (χ4n) is 9.73. The molecule has 6 aromatic rings. The Bertz CT molecular complexity index is 3090. The average Bonchev–Trinajstić information content (AvgIpc) is 3.67. The molecule has 2 aliphatic heterocycles. The van der Waals surface area contributed by atoms with Crippen LogP contribution < -0.4 is 19.8 Å². The number of nitrogens with one attached hydrogen (secondary N) is 2. The molecule has 0 radical (unpaired) electrons. The number of piperazine rings is 2. The van der Waals surface area contributed by atoms with Gasteiger partial charge in [-0.3, -0.25) is 9.62 Å². The lowest BCUT2D eigenvalue weighted by atomic mass is 9.96. The van der Waals surface area contributed by atoms with Crippen LogP contribution in [0.3, 0.4) is 0 Å². The van der Waals surface area contributed by atoms with Crippen LogP contribution in [-0.2, 0) is 26.4 Å². The predicted molar refractivity (Wildman–Crippen MR) is 291 cm³/mol. The molecule has 1 atom stereocenters. The largest absolute Gasteiger partial charge is 0.478 e. The normalized spacial score (nSPS) is 15.5. The summed E-state index contributed by atoms with van der Waals surface area (Å²) >= 11 is 7.91. The third-order valence-electron chi connectivity index (χ3n) is 13.6. The van der Waals surface area contributed by atoms with Gasteiger partial charge in [-0.15, -0.1) is 11.8 Å². The summed E-state index contributed by atoms with van der Waals surface area (Å²) in [4.78, 5) is 22.8. The van der Waals surface area contributed by atoms with Gasteiger partial charge >= 0.3 is 5.97 Å². The van der Waals surface area contributed by atoms with Crippen molar-refractivity contribution in [3.63, 3.8) is 0 Å². The van der Waals surface area contributed by atoms with Gasteiger partial charge in [0, 0.05) is 128 Å². The van der Waals surface area contributed by atoms with Crippen molar-refractivity contribution in [1.82, 2.24) is 14.4 Å². The molecule has 18 heteroatoms. The third kappa shape index (κ3) is 12.4. The number of nitrogens with zero attached hydrogens (tertiary/aromatic N) is 5. The molecular weight excluding hydrogens is 993 g/mol. The first-order chi connectivity index (χ1) is 34.4. The fraction of sp³-hybridized carbons (Fsp3) is 0.352. The summed E-state index contributed by atoms with van der Waals surface area (Å²) in [7, 11) is -8.06. The zero-order valence-corrected chi connectivity index (χ0v) is 44.5. The molecule has 0 unspecified atom stereocenters. The van der Waals surface area contributed by atoms with Crippen molar-refractivity contribution < 1.29 is 31.1 Å². The maximum atomic E-state index is 15.6. The molecule has 0 saturated carbocycles. The summed E-state index contributed by atoms with van der Waals surface area (Å²) in [5.41, 5.74) is 5.20. The number of aromatic carboxylic acids is 1. The third-order valence-corrected chi connectivity index (χ3v) is 17.6. The van der Waals surface area contributed by atoms with Crippen LogP contribution in [0.25, 0.3) is 22.4 Å². The fourth-order valence-corrected chi connectivity index (χ4v) is 12.9. The highest BCUT2D eigenvalue weighted by Crippen LogP contribution is 2.42. The molecule has 0 amide bonds. The number of carboxylic acid groups (broad SMARTS) is 1. The Morgan fingerprint density at radius 2 is 1.44 bits per heavy atom. The van der Waals surface area contributed by atoms with Crippen LogP contribution in [0.2, 0.25) is 5.02 Å². The zero-order valence-electron chi connectivity index (χ0n) is 41.3. The number of sulfonamides is 1. The number of benzene rings is 5. The minimum atomic E-state index is -4.20. The van der Waals surface area contributed by atoms with Crippen LogP contribution in [0.5, 0.6) is 0 Å². The van der Waals surface area contributed by atoms with E-state index in [1.54, 1.807) is 49.0 Å². The van der Waals surface area contributed by atoms with E-state index in [0.717, 1.165) is 61.5 Å². The van der Waals surface area contributed by atoms with Crippen LogP contribution in [0, 0.1) is 12.7 Å². The Morgan fingerprint density at radius 3 is 2.06 bits per heavy atom. The SMILES string of the molecule is CCn1c(C)c(C(=O)O)c(-c2cc(F)cc(N3CCN(c4ccc(NS(=O)(=O)c5ccc(N[C@H](CCN6CCN(C(C)C)CC6)CSc6ccccc6)c(S(C)(=O)=O)c5)cc4)CC3)c2)c1-c1ccc(Cl)cc1. The minimum Gasteiger partial charge on any atom is -0.478 e. The van der Waals surface area contributed by atoms with E-state index in [9.17, 15) is 26.7 Å². The van der Waals surface area contributed by atoms with Crippen molar-refractivity contribution >= 4 is 71.9 Å². The van der Waals surface area contributed by atoms with E-state index in [1.165, 1.54) is 24.3 Å². The summed E-state index contributed by atoms with van der Waals surface area (Å²) in [6, 6.07) is 33.6. The van der Waals surface area contributed by atoms with E-state index in [1.807, 2.05) is 60.0 Å². The number of sulfone groups is 1. The monoisotopic (exact) mass is 1060 g/mol. The van der Waals surface area contributed by atoms with Crippen molar-refractivity contribution in [3.05, 3.63) is 137 Å². The molecule has 382 valence electrons. The summed E-state index contributed by atoms with van der Waals surface area (Å²) < 4.78 is 74.6. The number of carbonyl (C=O) groups is 1. The van der Waals surface area contributed by atoms with Crippen molar-refractivity contribution in [2.24, 2.45) is 0 Å². The topological polar surface area (TPSA) is 148 Å². The van der Waals surface area contributed by atoms with Gasteiger partial charge in [0.2, 0.25) is 0 Å². The van der Waals surface area contributed by atoms with Gasteiger partial charge in [-0.25, -0.2) is 26.0 Å². The van der Waals surface area contributed by atoms with Gasteiger partial charge in [-0.2, -0.15) is 0 Å². The highest BCUT2D eigenvalue weighted by molar-refractivity contribution is 7.99. The summed E-state index contributed by atoms with van der Waals surface area (Å²) in [6.07, 6.45) is 1.86. The Labute approximate surface area is 432 Å². The molecule has 1 aromatic heterocycles. The highest BCUT2D eigenvalue weighted by atomic mass is 35.5.